The zero-order chi connectivity index (χ0) is 25.2. The van der Waals surface area contributed by atoms with Gasteiger partial charge in [0.25, 0.3) is 0 Å². The molecule has 0 saturated carbocycles. The van der Waals surface area contributed by atoms with Crippen molar-refractivity contribution in [2.75, 3.05) is 24.6 Å². The van der Waals surface area contributed by atoms with Crippen molar-refractivity contribution in [1.29, 1.82) is 0 Å². The van der Waals surface area contributed by atoms with Crippen molar-refractivity contribution < 1.29 is 9.90 Å². The van der Waals surface area contributed by atoms with Crippen LogP contribution in [0.25, 0.3) is 0 Å². The van der Waals surface area contributed by atoms with Crippen molar-refractivity contribution in [3.63, 3.8) is 0 Å². The van der Waals surface area contributed by atoms with E-state index in [4.69, 9.17) is 5.11 Å². The van der Waals surface area contributed by atoms with E-state index in [1.807, 2.05) is 6.92 Å². The minimum absolute atomic E-state index is 0.111. The van der Waals surface area contributed by atoms with Crippen LogP contribution in [-0.4, -0.2) is 35.7 Å². The molecule has 0 aliphatic rings. The van der Waals surface area contributed by atoms with E-state index in [-0.39, 0.29) is 5.92 Å². The summed E-state index contributed by atoms with van der Waals surface area (Å²) in [5.41, 5.74) is 0. The largest absolute Gasteiger partial charge is 0.481 e. The van der Waals surface area contributed by atoms with Crippen molar-refractivity contribution >= 4 is 13.2 Å². The molecule has 0 radical (unpaired) electrons. The Labute approximate surface area is 210 Å². The fourth-order valence-corrected chi connectivity index (χ4v) is 9.88. The lowest BCUT2D eigenvalue weighted by Gasteiger charge is -2.28. The molecule has 0 bridgehead atoms. The zero-order valence-electron chi connectivity index (χ0n) is 23.9. The molecule has 0 fully saturated rings. The molecular formula is C30H64O2P+. The molecule has 0 heterocycles. The van der Waals surface area contributed by atoms with Gasteiger partial charge in [0.1, 0.15) is 0 Å². The van der Waals surface area contributed by atoms with Crippen LogP contribution >= 0.6 is 7.26 Å². The lowest BCUT2D eigenvalue weighted by Crippen LogP contribution is -2.13. The van der Waals surface area contributed by atoms with E-state index in [1.54, 1.807) is 31.1 Å². The van der Waals surface area contributed by atoms with Gasteiger partial charge in [-0.3, -0.25) is 4.79 Å². The van der Waals surface area contributed by atoms with Gasteiger partial charge in [0, 0.05) is 7.26 Å². The van der Waals surface area contributed by atoms with Gasteiger partial charge < -0.3 is 5.11 Å². The third kappa shape index (κ3) is 22.1. The van der Waals surface area contributed by atoms with Crippen molar-refractivity contribution in [3.8, 4) is 0 Å². The first-order chi connectivity index (χ1) is 16.0. The molecule has 0 rings (SSSR count). The number of carboxylic acid groups (broad SMARTS) is 1. The van der Waals surface area contributed by atoms with Crippen LogP contribution in [0.1, 0.15) is 157 Å². The van der Waals surface area contributed by atoms with Gasteiger partial charge in [-0.05, 0) is 44.9 Å². The Balaban J connectivity index is 0. The van der Waals surface area contributed by atoms with Gasteiger partial charge in [-0.15, -0.1) is 0 Å². The molecule has 2 nitrogen and oxygen atoms in total. The lowest BCUT2D eigenvalue weighted by molar-refractivity contribution is -0.142. The van der Waals surface area contributed by atoms with Crippen LogP contribution in [-0.2, 0) is 4.79 Å². The van der Waals surface area contributed by atoms with E-state index in [1.165, 1.54) is 83.5 Å². The Morgan fingerprint density at radius 1 is 0.545 bits per heavy atom. The smallest absolute Gasteiger partial charge is 0.306 e. The van der Waals surface area contributed by atoms with Crippen LogP contribution in [0, 0.1) is 5.92 Å². The Bertz CT molecular complexity index is 375. The quantitative estimate of drug-likeness (QED) is 0.115. The van der Waals surface area contributed by atoms with Gasteiger partial charge in [0.05, 0.1) is 30.6 Å². The zero-order valence-corrected chi connectivity index (χ0v) is 24.8. The van der Waals surface area contributed by atoms with Crippen LogP contribution in [0.15, 0.2) is 0 Å². The maximum absolute atomic E-state index is 10.4. The molecule has 33 heavy (non-hydrogen) atoms. The SMILES string of the molecule is CCCCC(CC)C(=O)O.CCCCCCCCCC[P+](CCCC)(CCCC)CCCC. The predicted molar refractivity (Wildman–Crippen MR) is 155 cm³/mol. The van der Waals surface area contributed by atoms with Crippen LogP contribution in [0.2, 0.25) is 0 Å². The molecule has 0 spiro atoms. The number of rotatable bonds is 23. The predicted octanol–water partition coefficient (Wildman–Crippen LogP) is 10.8. The lowest BCUT2D eigenvalue weighted by atomic mass is 10.00. The molecule has 0 saturated heterocycles. The topological polar surface area (TPSA) is 37.3 Å². The summed E-state index contributed by atoms with van der Waals surface area (Å²) in [4.78, 5) is 10.4. The standard InChI is InChI=1S/C22H48P.C8H16O2/c1-5-9-13-14-15-16-17-18-22-23(19-10-6-2,20-11-7-3)21-12-8-4;1-3-5-6-7(4-2)8(9)10/h5-22H2,1-4H3;7H,3-6H2,1-2H3,(H,9,10)/q+1;. The Morgan fingerprint density at radius 2 is 0.909 bits per heavy atom. The highest BCUT2D eigenvalue weighted by molar-refractivity contribution is 7.75. The summed E-state index contributed by atoms with van der Waals surface area (Å²) in [5, 5.41) is 8.60. The van der Waals surface area contributed by atoms with E-state index in [0.717, 1.165) is 25.7 Å². The van der Waals surface area contributed by atoms with Gasteiger partial charge in [-0.25, -0.2) is 0 Å². The van der Waals surface area contributed by atoms with Crippen molar-refractivity contribution in [2.24, 2.45) is 5.92 Å². The molecule has 0 aromatic rings. The molecule has 1 N–H and O–H groups in total. The molecule has 1 atom stereocenters. The molecular weight excluding hydrogens is 423 g/mol. The number of carbonyl (C=O) groups is 1. The Kier molecular flexibility index (Phi) is 28.2. The molecule has 1 unspecified atom stereocenters. The third-order valence-corrected chi connectivity index (χ3v) is 12.3. The average molecular weight is 488 g/mol. The van der Waals surface area contributed by atoms with E-state index >= 15 is 0 Å². The molecule has 0 amide bonds. The minimum Gasteiger partial charge on any atom is -0.481 e. The van der Waals surface area contributed by atoms with Gasteiger partial charge in [-0.1, -0.05) is 112 Å². The molecule has 0 aliphatic heterocycles. The van der Waals surface area contributed by atoms with Crippen molar-refractivity contribution in [1.82, 2.24) is 0 Å². The molecule has 0 aliphatic carbocycles. The van der Waals surface area contributed by atoms with E-state index in [9.17, 15) is 4.79 Å². The van der Waals surface area contributed by atoms with Gasteiger partial charge in [0.2, 0.25) is 0 Å². The monoisotopic (exact) mass is 487 g/mol. The highest BCUT2D eigenvalue weighted by Gasteiger charge is 2.34. The molecule has 0 aromatic carbocycles. The second kappa shape index (κ2) is 26.5. The Morgan fingerprint density at radius 3 is 1.27 bits per heavy atom. The second-order valence-corrected chi connectivity index (χ2v) is 14.8. The number of hydrogen-bond acceptors (Lipinski definition) is 1. The fourth-order valence-electron chi connectivity index (χ4n) is 4.69. The normalized spacial score (nSPS) is 12.3. The van der Waals surface area contributed by atoms with E-state index in [0.29, 0.717) is 0 Å². The first kappa shape index (κ1) is 35.1. The second-order valence-electron chi connectivity index (χ2n) is 10.4. The fraction of sp³-hybridized carbons (Fsp3) is 0.967. The number of unbranched alkanes of at least 4 members (excludes halogenated alkanes) is 11. The molecule has 200 valence electrons. The number of carboxylic acids is 1. The van der Waals surface area contributed by atoms with Crippen LogP contribution < -0.4 is 0 Å². The summed E-state index contributed by atoms with van der Waals surface area (Å²) in [5.74, 6) is -0.754. The molecule has 3 heteroatoms. The summed E-state index contributed by atoms with van der Waals surface area (Å²) in [6.45, 7) is 13.5. The number of hydrogen-bond donors (Lipinski definition) is 1. The van der Waals surface area contributed by atoms with Gasteiger partial charge in [0.15, 0.2) is 0 Å². The van der Waals surface area contributed by atoms with Crippen LogP contribution in [0.4, 0.5) is 0 Å². The van der Waals surface area contributed by atoms with Crippen LogP contribution in [0.3, 0.4) is 0 Å². The summed E-state index contributed by atoms with van der Waals surface area (Å²) < 4.78 is 0. The number of aliphatic carboxylic acids is 1. The van der Waals surface area contributed by atoms with E-state index in [2.05, 4.69) is 34.6 Å². The maximum Gasteiger partial charge on any atom is 0.306 e. The first-order valence-corrected chi connectivity index (χ1v) is 17.6. The van der Waals surface area contributed by atoms with Gasteiger partial charge >= 0.3 is 5.97 Å². The van der Waals surface area contributed by atoms with Crippen LogP contribution in [0.5, 0.6) is 0 Å². The Hall–Kier alpha value is -0.100. The summed E-state index contributed by atoms with van der Waals surface area (Å²) in [7, 11) is -0.612. The highest BCUT2D eigenvalue weighted by Crippen LogP contribution is 2.61. The van der Waals surface area contributed by atoms with Crippen molar-refractivity contribution in [2.45, 2.75) is 157 Å². The summed E-state index contributed by atoms with van der Waals surface area (Å²) in [6.07, 6.45) is 30.7. The summed E-state index contributed by atoms with van der Waals surface area (Å²) >= 11 is 0. The summed E-state index contributed by atoms with van der Waals surface area (Å²) in [6, 6.07) is 0. The first-order valence-electron chi connectivity index (χ1n) is 15.0. The minimum atomic E-state index is -0.643. The third-order valence-electron chi connectivity index (χ3n) is 7.19. The van der Waals surface area contributed by atoms with E-state index < -0.39 is 13.2 Å². The average Bonchev–Trinajstić information content (AvgIpc) is 2.82. The van der Waals surface area contributed by atoms with Gasteiger partial charge in [-0.2, -0.15) is 0 Å². The highest BCUT2D eigenvalue weighted by atomic mass is 31.2. The van der Waals surface area contributed by atoms with Crippen molar-refractivity contribution in [3.05, 3.63) is 0 Å². The maximum atomic E-state index is 10.4. The molecule has 0 aromatic heterocycles.